The smallest absolute Gasteiger partial charge is 0.251 e. The van der Waals surface area contributed by atoms with Crippen LogP contribution in [0.4, 0.5) is 0 Å². The summed E-state index contributed by atoms with van der Waals surface area (Å²) < 4.78 is 0. The Labute approximate surface area is 114 Å². The van der Waals surface area contributed by atoms with Crippen LogP contribution in [-0.2, 0) is 0 Å². The number of hydrogen-bond acceptors (Lipinski definition) is 2. The van der Waals surface area contributed by atoms with Gasteiger partial charge in [-0.25, -0.2) is 0 Å². The van der Waals surface area contributed by atoms with Crippen molar-refractivity contribution in [2.45, 2.75) is 32.2 Å². The van der Waals surface area contributed by atoms with Crippen molar-refractivity contribution in [3.05, 3.63) is 35.4 Å². The third-order valence-corrected chi connectivity index (χ3v) is 3.51. The number of benzene rings is 1. The summed E-state index contributed by atoms with van der Waals surface area (Å²) in [5.74, 6) is 6.47. The molecule has 1 aliphatic rings. The normalized spacial score (nSPS) is 21.6. The van der Waals surface area contributed by atoms with Crippen LogP contribution in [0.15, 0.2) is 24.3 Å². The van der Waals surface area contributed by atoms with E-state index >= 15 is 0 Å². The first-order chi connectivity index (χ1) is 9.19. The molecule has 1 aromatic carbocycles. The SMILES string of the molecule is CC1CCC(NC(=O)c2ccc(C#CCN)cc2)C1. The zero-order chi connectivity index (χ0) is 13.7. The van der Waals surface area contributed by atoms with Gasteiger partial charge in [0.2, 0.25) is 0 Å². The van der Waals surface area contributed by atoms with Gasteiger partial charge in [-0.2, -0.15) is 0 Å². The molecule has 0 radical (unpaired) electrons. The van der Waals surface area contributed by atoms with Crippen LogP contribution in [0.1, 0.15) is 42.1 Å². The van der Waals surface area contributed by atoms with E-state index in [9.17, 15) is 4.79 Å². The Bertz CT molecular complexity index is 496. The summed E-state index contributed by atoms with van der Waals surface area (Å²) in [4.78, 5) is 12.1. The second kappa shape index (κ2) is 6.40. The van der Waals surface area contributed by atoms with Crippen molar-refractivity contribution in [3.8, 4) is 11.8 Å². The molecule has 1 aliphatic carbocycles. The predicted molar refractivity (Wildman–Crippen MR) is 76.6 cm³/mol. The van der Waals surface area contributed by atoms with E-state index in [1.54, 1.807) is 0 Å². The van der Waals surface area contributed by atoms with Crippen LogP contribution in [-0.4, -0.2) is 18.5 Å². The molecule has 3 N–H and O–H groups in total. The molecular formula is C16H20N2O. The first-order valence-electron chi connectivity index (χ1n) is 6.79. The van der Waals surface area contributed by atoms with Crippen molar-refractivity contribution in [1.82, 2.24) is 5.32 Å². The summed E-state index contributed by atoms with van der Waals surface area (Å²) in [5.41, 5.74) is 6.90. The lowest BCUT2D eigenvalue weighted by Crippen LogP contribution is -2.32. The van der Waals surface area contributed by atoms with Gasteiger partial charge in [0.25, 0.3) is 5.91 Å². The Morgan fingerprint density at radius 2 is 2.11 bits per heavy atom. The molecule has 1 amide bonds. The Balaban J connectivity index is 1.95. The molecule has 0 aliphatic heterocycles. The molecular weight excluding hydrogens is 236 g/mol. The summed E-state index contributed by atoms with van der Waals surface area (Å²) in [6.45, 7) is 2.58. The van der Waals surface area contributed by atoms with Gasteiger partial charge in [-0.15, -0.1) is 0 Å². The standard InChI is InChI=1S/C16H20N2O/c1-12-4-9-15(11-12)18-16(19)14-7-5-13(6-8-14)3-2-10-17/h5-8,12,15H,4,9-11,17H2,1H3,(H,18,19). The Kier molecular flexibility index (Phi) is 4.59. The van der Waals surface area contributed by atoms with Crippen LogP contribution in [0.25, 0.3) is 0 Å². The molecule has 2 atom stereocenters. The molecule has 0 spiro atoms. The van der Waals surface area contributed by atoms with Crippen LogP contribution in [0, 0.1) is 17.8 Å². The van der Waals surface area contributed by atoms with E-state index in [4.69, 9.17) is 5.73 Å². The van der Waals surface area contributed by atoms with Gasteiger partial charge in [0, 0.05) is 17.2 Å². The average molecular weight is 256 g/mol. The molecule has 1 saturated carbocycles. The zero-order valence-electron chi connectivity index (χ0n) is 11.3. The van der Waals surface area contributed by atoms with E-state index in [0.29, 0.717) is 18.2 Å². The monoisotopic (exact) mass is 256 g/mol. The average Bonchev–Trinajstić information content (AvgIpc) is 2.82. The van der Waals surface area contributed by atoms with Crippen molar-refractivity contribution in [2.24, 2.45) is 11.7 Å². The lowest BCUT2D eigenvalue weighted by molar-refractivity contribution is 0.0937. The van der Waals surface area contributed by atoms with Gasteiger partial charge in [-0.3, -0.25) is 4.79 Å². The molecule has 0 aromatic heterocycles. The fourth-order valence-electron chi connectivity index (χ4n) is 2.46. The van der Waals surface area contributed by atoms with Crippen LogP contribution in [0.5, 0.6) is 0 Å². The quantitative estimate of drug-likeness (QED) is 0.794. The molecule has 0 bridgehead atoms. The Morgan fingerprint density at radius 3 is 2.68 bits per heavy atom. The van der Waals surface area contributed by atoms with Gasteiger partial charge in [0.15, 0.2) is 0 Å². The first kappa shape index (κ1) is 13.6. The summed E-state index contributed by atoms with van der Waals surface area (Å²) >= 11 is 0. The molecule has 100 valence electrons. The second-order valence-corrected chi connectivity index (χ2v) is 5.17. The third-order valence-electron chi connectivity index (χ3n) is 3.51. The van der Waals surface area contributed by atoms with E-state index in [1.807, 2.05) is 24.3 Å². The highest BCUT2D eigenvalue weighted by atomic mass is 16.1. The molecule has 0 heterocycles. The Hall–Kier alpha value is -1.79. The minimum absolute atomic E-state index is 0.0115. The topological polar surface area (TPSA) is 55.1 Å². The molecule has 1 fully saturated rings. The lowest BCUT2D eigenvalue weighted by Gasteiger charge is -2.12. The number of carbonyl (C=O) groups excluding carboxylic acids is 1. The van der Waals surface area contributed by atoms with Crippen LogP contribution in [0.3, 0.4) is 0 Å². The van der Waals surface area contributed by atoms with E-state index in [1.165, 1.54) is 6.42 Å². The summed E-state index contributed by atoms with van der Waals surface area (Å²) in [7, 11) is 0. The van der Waals surface area contributed by atoms with Crippen molar-refractivity contribution in [1.29, 1.82) is 0 Å². The minimum atomic E-state index is 0.0115. The number of rotatable bonds is 2. The minimum Gasteiger partial charge on any atom is -0.349 e. The van der Waals surface area contributed by atoms with E-state index in [-0.39, 0.29) is 5.91 Å². The fraction of sp³-hybridized carbons (Fsp3) is 0.438. The van der Waals surface area contributed by atoms with Gasteiger partial charge in [-0.1, -0.05) is 18.8 Å². The number of nitrogens with one attached hydrogen (secondary N) is 1. The third kappa shape index (κ3) is 3.84. The maximum Gasteiger partial charge on any atom is 0.251 e. The maximum atomic E-state index is 12.1. The van der Waals surface area contributed by atoms with Gasteiger partial charge >= 0.3 is 0 Å². The number of nitrogens with two attached hydrogens (primary N) is 1. The number of amides is 1. The number of carbonyl (C=O) groups is 1. The molecule has 0 saturated heterocycles. The van der Waals surface area contributed by atoms with E-state index in [2.05, 4.69) is 24.1 Å². The van der Waals surface area contributed by atoms with Crippen molar-refractivity contribution in [3.63, 3.8) is 0 Å². The summed E-state index contributed by atoms with van der Waals surface area (Å²) in [5, 5.41) is 3.09. The second-order valence-electron chi connectivity index (χ2n) is 5.17. The van der Waals surface area contributed by atoms with Crippen molar-refractivity contribution >= 4 is 5.91 Å². The highest BCUT2D eigenvalue weighted by Crippen LogP contribution is 2.24. The van der Waals surface area contributed by atoms with Crippen LogP contribution < -0.4 is 11.1 Å². The highest BCUT2D eigenvalue weighted by Gasteiger charge is 2.22. The van der Waals surface area contributed by atoms with Crippen molar-refractivity contribution < 1.29 is 4.79 Å². The van der Waals surface area contributed by atoms with E-state index < -0.39 is 0 Å². The number of hydrogen-bond donors (Lipinski definition) is 2. The maximum absolute atomic E-state index is 12.1. The summed E-state index contributed by atoms with van der Waals surface area (Å²) in [6, 6.07) is 7.67. The molecule has 1 aromatic rings. The van der Waals surface area contributed by atoms with Gasteiger partial charge < -0.3 is 11.1 Å². The fourth-order valence-corrected chi connectivity index (χ4v) is 2.46. The molecule has 3 nitrogen and oxygen atoms in total. The van der Waals surface area contributed by atoms with Crippen LogP contribution in [0.2, 0.25) is 0 Å². The molecule has 2 unspecified atom stereocenters. The van der Waals surface area contributed by atoms with E-state index in [0.717, 1.165) is 24.3 Å². The molecule has 2 rings (SSSR count). The molecule has 19 heavy (non-hydrogen) atoms. The van der Waals surface area contributed by atoms with Crippen molar-refractivity contribution in [2.75, 3.05) is 6.54 Å². The van der Waals surface area contributed by atoms with Gasteiger partial charge in [-0.05, 0) is 49.4 Å². The largest absolute Gasteiger partial charge is 0.349 e. The molecule has 3 heteroatoms. The summed E-state index contributed by atoms with van der Waals surface area (Å²) in [6.07, 6.45) is 3.39. The lowest BCUT2D eigenvalue weighted by atomic mass is 10.1. The predicted octanol–water partition coefficient (Wildman–Crippen LogP) is 1.92. The zero-order valence-corrected chi connectivity index (χ0v) is 11.3. The van der Waals surface area contributed by atoms with Crippen LogP contribution >= 0.6 is 0 Å². The van der Waals surface area contributed by atoms with Gasteiger partial charge in [0.1, 0.15) is 0 Å². The first-order valence-corrected chi connectivity index (χ1v) is 6.79. The Morgan fingerprint density at radius 1 is 1.37 bits per heavy atom. The van der Waals surface area contributed by atoms with Gasteiger partial charge in [0.05, 0.1) is 6.54 Å². The highest BCUT2D eigenvalue weighted by molar-refractivity contribution is 5.94.